The number of benzene rings is 2. The number of hydrogen-bond donors (Lipinski definition) is 1. The summed E-state index contributed by atoms with van der Waals surface area (Å²) in [6.07, 6.45) is 0. The Morgan fingerprint density at radius 1 is 1.30 bits per heavy atom. The highest BCUT2D eigenvalue weighted by molar-refractivity contribution is 9.10. The van der Waals surface area contributed by atoms with Crippen molar-refractivity contribution in [3.8, 4) is 0 Å². The molecule has 0 aliphatic rings. The summed E-state index contributed by atoms with van der Waals surface area (Å²) < 4.78 is 13.8. The molecule has 0 radical (unpaired) electrons. The van der Waals surface area contributed by atoms with Crippen LogP contribution in [0.4, 0.5) is 15.8 Å². The molecule has 2 N–H and O–H groups in total. The number of rotatable bonds is 2. The van der Waals surface area contributed by atoms with E-state index in [0.29, 0.717) is 20.9 Å². The smallest absolute Gasteiger partial charge is 0.259 e. The Bertz CT molecular complexity index is 678. The highest BCUT2D eigenvalue weighted by Gasteiger charge is 2.19. The van der Waals surface area contributed by atoms with Gasteiger partial charge in [0.2, 0.25) is 0 Å². The summed E-state index contributed by atoms with van der Waals surface area (Å²) in [7, 11) is 1.56. The Morgan fingerprint density at radius 2 is 2.00 bits per heavy atom. The van der Waals surface area contributed by atoms with Gasteiger partial charge in [-0.15, -0.1) is 0 Å². The molecule has 3 nitrogen and oxygen atoms in total. The van der Waals surface area contributed by atoms with Crippen LogP contribution in [0.2, 0.25) is 5.02 Å². The van der Waals surface area contributed by atoms with Crippen LogP contribution < -0.4 is 10.6 Å². The van der Waals surface area contributed by atoms with E-state index in [4.69, 9.17) is 17.3 Å². The maximum absolute atomic E-state index is 13.3. The summed E-state index contributed by atoms with van der Waals surface area (Å²) in [4.78, 5) is 13.7. The molecule has 1 amide bonds. The zero-order chi connectivity index (χ0) is 14.9. The zero-order valence-electron chi connectivity index (χ0n) is 10.5. The molecule has 0 fully saturated rings. The van der Waals surface area contributed by atoms with Crippen LogP contribution in [0, 0.1) is 5.82 Å². The number of carbonyl (C=O) groups is 1. The highest BCUT2D eigenvalue weighted by Crippen LogP contribution is 2.28. The van der Waals surface area contributed by atoms with Gasteiger partial charge in [0.1, 0.15) is 5.82 Å². The molecular formula is C14H11BrClFN2O. The van der Waals surface area contributed by atoms with Crippen LogP contribution in [-0.4, -0.2) is 13.0 Å². The van der Waals surface area contributed by atoms with Crippen molar-refractivity contribution in [2.75, 3.05) is 17.7 Å². The predicted molar refractivity (Wildman–Crippen MR) is 82.7 cm³/mol. The minimum atomic E-state index is -0.482. The van der Waals surface area contributed by atoms with Crippen molar-refractivity contribution in [1.82, 2.24) is 0 Å². The number of halogens is 3. The van der Waals surface area contributed by atoms with E-state index in [-0.39, 0.29) is 11.5 Å². The van der Waals surface area contributed by atoms with E-state index < -0.39 is 5.82 Å². The minimum Gasteiger partial charge on any atom is -0.397 e. The normalized spacial score (nSPS) is 10.4. The summed E-state index contributed by atoms with van der Waals surface area (Å²) in [6, 6.07) is 8.76. The number of amides is 1. The molecule has 2 aromatic carbocycles. The largest absolute Gasteiger partial charge is 0.397 e. The molecule has 6 heteroatoms. The maximum Gasteiger partial charge on any atom is 0.259 e. The van der Waals surface area contributed by atoms with Crippen molar-refractivity contribution < 1.29 is 9.18 Å². The van der Waals surface area contributed by atoms with E-state index >= 15 is 0 Å². The molecule has 2 aromatic rings. The van der Waals surface area contributed by atoms with Crippen LogP contribution in [0.15, 0.2) is 40.9 Å². The van der Waals surface area contributed by atoms with Crippen LogP contribution in [0.5, 0.6) is 0 Å². The highest BCUT2D eigenvalue weighted by atomic mass is 79.9. The molecule has 0 aromatic heterocycles. The summed E-state index contributed by atoms with van der Waals surface area (Å²) in [6.45, 7) is 0. The molecule has 0 saturated carbocycles. The second kappa shape index (κ2) is 5.81. The summed E-state index contributed by atoms with van der Waals surface area (Å²) in [5.41, 5.74) is 6.94. The monoisotopic (exact) mass is 356 g/mol. The predicted octanol–water partition coefficient (Wildman–Crippen LogP) is 4.10. The molecule has 0 atom stereocenters. The number of nitrogens with zero attached hydrogens (tertiary/aromatic N) is 1. The molecule has 20 heavy (non-hydrogen) atoms. The van der Waals surface area contributed by atoms with E-state index in [9.17, 15) is 9.18 Å². The van der Waals surface area contributed by atoms with Gasteiger partial charge in [-0.1, -0.05) is 11.6 Å². The van der Waals surface area contributed by atoms with E-state index in [0.717, 1.165) is 0 Å². The van der Waals surface area contributed by atoms with Crippen LogP contribution >= 0.6 is 27.5 Å². The van der Waals surface area contributed by atoms with Crippen molar-refractivity contribution in [2.24, 2.45) is 0 Å². The van der Waals surface area contributed by atoms with E-state index in [1.807, 2.05) is 0 Å². The lowest BCUT2D eigenvalue weighted by atomic mass is 10.1. The first-order chi connectivity index (χ1) is 9.40. The van der Waals surface area contributed by atoms with Crippen LogP contribution in [0.25, 0.3) is 0 Å². The number of anilines is 2. The van der Waals surface area contributed by atoms with E-state index in [2.05, 4.69) is 15.9 Å². The average Bonchev–Trinajstić information content (AvgIpc) is 2.42. The third-order valence-corrected chi connectivity index (χ3v) is 3.74. The van der Waals surface area contributed by atoms with Crippen LogP contribution in [0.3, 0.4) is 0 Å². The second-order valence-electron chi connectivity index (χ2n) is 4.19. The Hall–Kier alpha value is -1.59. The third-order valence-electron chi connectivity index (χ3n) is 2.82. The average molecular weight is 358 g/mol. The van der Waals surface area contributed by atoms with Crippen molar-refractivity contribution >= 4 is 44.8 Å². The molecule has 0 bridgehead atoms. The molecule has 0 spiro atoms. The lowest BCUT2D eigenvalue weighted by Gasteiger charge is -2.20. The number of nitrogen functional groups attached to an aromatic ring is 1. The minimum absolute atomic E-state index is 0.215. The summed E-state index contributed by atoms with van der Waals surface area (Å²) >= 11 is 9.14. The van der Waals surface area contributed by atoms with Crippen molar-refractivity contribution in [2.45, 2.75) is 0 Å². The first kappa shape index (κ1) is 14.8. The van der Waals surface area contributed by atoms with Gasteiger partial charge in [0.05, 0.1) is 16.9 Å². The van der Waals surface area contributed by atoms with Gasteiger partial charge >= 0.3 is 0 Å². The topological polar surface area (TPSA) is 46.3 Å². The van der Waals surface area contributed by atoms with Gasteiger partial charge in [-0.3, -0.25) is 4.79 Å². The lowest BCUT2D eigenvalue weighted by Crippen LogP contribution is -2.27. The quantitative estimate of drug-likeness (QED) is 0.823. The van der Waals surface area contributed by atoms with Gasteiger partial charge in [-0.05, 0) is 52.3 Å². The summed E-state index contributed by atoms with van der Waals surface area (Å²) in [5, 5.41) is 0.465. The van der Waals surface area contributed by atoms with Gasteiger partial charge < -0.3 is 10.6 Å². The van der Waals surface area contributed by atoms with Crippen molar-refractivity contribution in [1.29, 1.82) is 0 Å². The van der Waals surface area contributed by atoms with Crippen molar-refractivity contribution in [3.05, 3.63) is 57.3 Å². The zero-order valence-corrected chi connectivity index (χ0v) is 12.9. The van der Waals surface area contributed by atoms with E-state index in [1.54, 1.807) is 25.2 Å². The second-order valence-corrected chi connectivity index (χ2v) is 5.48. The fraction of sp³-hybridized carbons (Fsp3) is 0.0714. The standard InChI is InChI=1S/C14H11BrClFN2O/c1-19(13-6-8(16)2-5-12(13)18)14(20)10-7-9(17)3-4-11(10)15/h2-7H,18H2,1H3. The Labute approximate surface area is 129 Å². The Morgan fingerprint density at radius 3 is 2.70 bits per heavy atom. The lowest BCUT2D eigenvalue weighted by molar-refractivity contribution is 0.0992. The first-order valence-electron chi connectivity index (χ1n) is 5.68. The molecule has 0 aliphatic heterocycles. The number of carbonyl (C=O) groups excluding carboxylic acids is 1. The third kappa shape index (κ3) is 2.94. The molecule has 0 heterocycles. The van der Waals surface area contributed by atoms with Gasteiger partial charge in [0.15, 0.2) is 0 Å². The molecule has 0 saturated heterocycles. The molecular weight excluding hydrogens is 347 g/mol. The number of nitrogens with two attached hydrogens (primary N) is 1. The van der Waals surface area contributed by atoms with Gasteiger partial charge in [0, 0.05) is 16.5 Å². The molecule has 0 unspecified atom stereocenters. The maximum atomic E-state index is 13.3. The molecule has 104 valence electrons. The van der Waals surface area contributed by atoms with Crippen LogP contribution in [-0.2, 0) is 0 Å². The van der Waals surface area contributed by atoms with Gasteiger partial charge in [-0.25, -0.2) is 4.39 Å². The fourth-order valence-electron chi connectivity index (χ4n) is 1.76. The van der Waals surface area contributed by atoms with E-state index in [1.165, 1.54) is 23.1 Å². The SMILES string of the molecule is CN(C(=O)c1cc(F)ccc1Br)c1cc(Cl)ccc1N. The first-order valence-corrected chi connectivity index (χ1v) is 6.85. The molecule has 2 rings (SSSR count). The van der Waals surface area contributed by atoms with Crippen LogP contribution in [0.1, 0.15) is 10.4 Å². The summed E-state index contributed by atoms with van der Waals surface area (Å²) in [5.74, 6) is -0.866. The van der Waals surface area contributed by atoms with Gasteiger partial charge in [-0.2, -0.15) is 0 Å². The molecule has 0 aliphatic carbocycles. The van der Waals surface area contributed by atoms with Gasteiger partial charge in [0.25, 0.3) is 5.91 Å². The Balaban J connectivity index is 2.42. The number of hydrogen-bond acceptors (Lipinski definition) is 2. The Kier molecular flexibility index (Phi) is 4.30. The van der Waals surface area contributed by atoms with Crippen molar-refractivity contribution in [3.63, 3.8) is 0 Å². The fourth-order valence-corrected chi connectivity index (χ4v) is 2.34.